The van der Waals surface area contributed by atoms with Gasteiger partial charge in [-0.15, -0.1) is 0 Å². The first-order chi connectivity index (χ1) is 22.3. The Morgan fingerprint density at radius 1 is 1.17 bits per heavy atom. The molecule has 3 fully saturated rings. The lowest BCUT2D eigenvalue weighted by Crippen LogP contribution is -2.43. The molecule has 4 atom stereocenters. The molecular formula is C33H37F2N7O4. The lowest BCUT2D eigenvalue weighted by atomic mass is 9.89. The minimum absolute atomic E-state index is 0.0252. The summed E-state index contributed by atoms with van der Waals surface area (Å²) in [6, 6.07) is 2.01. The van der Waals surface area contributed by atoms with Crippen LogP contribution in [0.5, 0.6) is 6.01 Å². The van der Waals surface area contributed by atoms with Crippen LogP contribution in [-0.4, -0.2) is 93.4 Å². The van der Waals surface area contributed by atoms with E-state index in [9.17, 15) is 9.18 Å². The zero-order chi connectivity index (χ0) is 31.6. The molecule has 6 bridgehead atoms. The summed E-state index contributed by atoms with van der Waals surface area (Å²) in [6.07, 6.45) is 5.35. The third-order valence-electron chi connectivity index (χ3n) is 10.2. The van der Waals surface area contributed by atoms with Gasteiger partial charge in [0.05, 0.1) is 35.8 Å². The fraction of sp³-hybridized carbons (Fsp3) is 0.545. The number of hydrogen-bond acceptors (Lipinski definition) is 10. The zero-order valence-electron chi connectivity index (χ0n) is 26.0. The maximum absolute atomic E-state index is 17.0. The number of carbonyl (C=O) groups excluding carboxylic acids is 1. The highest BCUT2D eigenvalue weighted by molar-refractivity contribution is 5.99. The number of hydrogen-bond donors (Lipinski definition) is 1. The van der Waals surface area contributed by atoms with Gasteiger partial charge in [0, 0.05) is 36.7 Å². The van der Waals surface area contributed by atoms with Gasteiger partial charge in [0.15, 0.2) is 5.82 Å². The highest BCUT2D eigenvalue weighted by Crippen LogP contribution is 2.42. The van der Waals surface area contributed by atoms with E-state index in [0.29, 0.717) is 55.7 Å². The number of halogens is 2. The van der Waals surface area contributed by atoms with Crippen LogP contribution in [0.15, 0.2) is 18.5 Å². The van der Waals surface area contributed by atoms with Crippen LogP contribution < -0.4 is 9.64 Å². The highest BCUT2D eigenvalue weighted by atomic mass is 19.1. The topological polar surface area (TPSA) is 119 Å². The number of alkyl halides is 1. The molecule has 13 heteroatoms. The molecule has 3 saturated heterocycles. The predicted molar refractivity (Wildman–Crippen MR) is 166 cm³/mol. The Morgan fingerprint density at radius 3 is 2.96 bits per heavy atom. The predicted octanol–water partition coefficient (Wildman–Crippen LogP) is 5.29. The second-order valence-electron chi connectivity index (χ2n) is 13.5. The summed E-state index contributed by atoms with van der Waals surface area (Å²) in [4.78, 5) is 31.1. The average molecular weight is 634 g/mol. The number of nitrogens with one attached hydrogen (secondary N) is 1. The molecule has 11 nitrogen and oxygen atoms in total. The van der Waals surface area contributed by atoms with Crippen molar-refractivity contribution in [3.63, 3.8) is 0 Å². The van der Waals surface area contributed by atoms with E-state index in [1.165, 1.54) is 0 Å². The van der Waals surface area contributed by atoms with Gasteiger partial charge in [-0.05, 0) is 68.7 Å². The summed E-state index contributed by atoms with van der Waals surface area (Å²) in [7, 11) is 0. The molecule has 5 aliphatic heterocycles. The molecule has 1 aromatic carbocycles. The van der Waals surface area contributed by atoms with Gasteiger partial charge in [0.1, 0.15) is 35.9 Å². The number of benzene rings is 1. The van der Waals surface area contributed by atoms with Crippen molar-refractivity contribution < 1.29 is 27.8 Å². The number of aryl methyl sites for hydroxylation is 1. The summed E-state index contributed by atoms with van der Waals surface area (Å²) in [5, 5.41) is 8.41. The number of rotatable bonds is 3. The van der Waals surface area contributed by atoms with Crippen molar-refractivity contribution in [3.8, 4) is 17.3 Å². The molecule has 0 aliphatic carbocycles. The van der Waals surface area contributed by atoms with Gasteiger partial charge in [0.2, 0.25) is 0 Å². The van der Waals surface area contributed by atoms with Crippen LogP contribution in [-0.2, 0) is 15.9 Å². The van der Waals surface area contributed by atoms with Gasteiger partial charge < -0.3 is 19.1 Å². The number of aromatic amines is 1. The number of carbonyl (C=O) groups is 1. The second kappa shape index (κ2) is 11.3. The van der Waals surface area contributed by atoms with Crippen LogP contribution in [0.2, 0.25) is 0 Å². The number of ether oxygens (including phenoxy) is 3. The maximum atomic E-state index is 17.0. The van der Waals surface area contributed by atoms with Crippen molar-refractivity contribution in [2.75, 3.05) is 44.3 Å². The fourth-order valence-corrected chi connectivity index (χ4v) is 7.97. The first-order valence-electron chi connectivity index (χ1n) is 16.2. The Kier molecular flexibility index (Phi) is 7.18. The Balaban J connectivity index is 1.30. The molecule has 8 heterocycles. The van der Waals surface area contributed by atoms with E-state index in [-0.39, 0.29) is 36.4 Å². The molecule has 3 aromatic heterocycles. The first kappa shape index (κ1) is 29.3. The van der Waals surface area contributed by atoms with E-state index in [1.807, 2.05) is 24.8 Å². The van der Waals surface area contributed by atoms with E-state index < -0.39 is 29.8 Å². The summed E-state index contributed by atoms with van der Waals surface area (Å²) in [5.74, 6) is -0.216. The average Bonchev–Trinajstić information content (AvgIpc) is 3.73. The largest absolute Gasteiger partial charge is 0.508 e. The van der Waals surface area contributed by atoms with Crippen molar-refractivity contribution in [1.29, 1.82) is 0 Å². The molecule has 0 unspecified atom stereocenters. The fourth-order valence-electron chi connectivity index (χ4n) is 7.97. The Bertz CT molecular complexity index is 1840. The van der Waals surface area contributed by atoms with Crippen LogP contribution in [0.4, 0.5) is 19.4 Å². The monoisotopic (exact) mass is 633 g/mol. The van der Waals surface area contributed by atoms with Gasteiger partial charge in [-0.2, -0.15) is 15.1 Å². The van der Waals surface area contributed by atoms with Crippen molar-refractivity contribution >= 4 is 33.8 Å². The minimum Gasteiger partial charge on any atom is -0.461 e. The van der Waals surface area contributed by atoms with Crippen molar-refractivity contribution in [3.05, 3.63) is 35.4 Å². The van der Waals surface area contributed by atoms with E-state index in [4.69, 9.17) is 24.2 Å². The van der Waals surface area contributed by atoms with Crippen LogP contribution in [0, 0.1) is 18.7 Å². The molecule has 0 saturated carbocycles. The van der Waals surface area contributed by atoms with Gasteiger partial charge in [-0.1, -0.05) is 6.92 Å². The molecule has 5 aliphatic rings. The number of fused-ring (bicyclic) bond motifs is 8. The van der Waals surface area contributed by atoms with Crippen LogP contribution in [0.3, 0.4) is 0 Å². The SMILES string of the molecule is Cc1cc2[nH]ncc2c2c1C[C@H](C)COC(=O)O[C@@H]1CCCN(C1)c1nc(OC[C@@]34CCCN3C[C@H](F)C4)nc3c(F)c-2ncc13. The van der Waals surface area contributed by atoms with Crippen molar-refractivity contribution in [2.24, 2.45) is 5.92 Å². The molecule has 0 radical (unpaired) electrons. The summed E-state index contributed by atoms with van der Waals surface area (Å²) in [6.45, 7) is 6.49. The zero-order valence-corrected chi connectivity index (χ0v) is 26.0. The molecule has 0 spiro atoms. The molecule has 0 amide bonds. The van der Waals surface area contributed by atoms with E-state index in [2.05, 4.69) is 20.1 Å². The van der Waals surface area contributed by atoms with Gasteiger partial charge >= 0.3 is 12.2 Å². The lowest BCUT2D eigenvalue weighted by molar-refractivity contribution is 0.0125. The van der Waals surface area contributed by atoms with Gasteiger partial charge in [-0.25, -0.2) is 13.6 Å². The van der Waals surface area contributed by atoms with E-state index >= 15 is 4.39 Å². The number of H-pyrrole nitrogens is 1. The first-order valence-corrected chi connectivity index (χ1v) is 16.2. The van der Waals surface area contributed by atoms with Crippen LogP contribution in [0.1, 0.15) is 50.2 Å². The standard InChI is InChI=1S/C33H37F2N7O4/c1-18-9-22-19(2)10-25-23(13-37-40-25)26(22)29-27(35)28-24(12-36-29)30(41-7-3-5-21(15-41)46-32(43)44-16-18)39-31(38-28)45-17-33-6-4-8-42(33)14-20(34)11-33/h10,12-13,18,20-21H,3-9,11,14-17H2,1-2H3,(H,37,40)/t18-,20+,21+,33-/m0/s1. The number of anilines is 1. The van der Waals surface area contributed by atoms with E-state index in [1.54, 1.807) is 12.4 Å². The molecule has 9 rings (SSSR count). The molecule has 1 N–H and O–H groups in total. The number of aromatic nitrogens is 5. The third kappa shape index (κ3) is 4.99. The Morgan fingerprint density at radius 2 is 2.07 bits per heavy atom. The Labute approximate surface area is 264 Å². The maximum Gasteiger partial charge on any atom is 0.508 e. The number of piperidine rings is 1. The normalized spacial score (nSPS) is 26.8. The van der Waals surface area contributed by atoms with Crippen molar-refractivity contribution in [1.82, 2.24) is 30.0 Å². The second-order valence-corrected chi connectivity index (χ2v) is 13.5. The van der Waals surface area contributed by atoms with Crippen LogP contribution in [0.25, 0.3) is 33.1 Å². The van der Waals surface area contributed by atoms with Crippen LogP contribution >= 0.6 is 0 Å². The molecule has 4 aromatic rings. The number of nitrogens with zero attached hydrogens (tertiary/aromatic N) is 6. The van der Waals surface area contributed by atoms with Gasteiger partial charge in [0.25, 0.3) is 0 Å². The number of pyridine rings is 1. The van der Waals surface area contributed by atoms with Gasteiger partial charge in [-0.3, -0.25) is 15.0 Å². The molecule has 242 valence electrons. The lowest BCUT2D eigenvalue weighted by Gasteiger charge is -2.34. The smallest absolute Gasteiger partial charge is 0.461 e. The quantitative estimate of drug-likeness (QED) is 0.299. The summed E-state index contributed by atoms with van der Waals surface area (Å²) < 4.78 is 49.1. The Hall–Kier alpha value is -4.13. The van der Waals surface area contributed by atoms with E-state index in [0.717, 1.165) is 47.8 Å². The minimum atomic E-state index is -0.905. The van der Waals surface area contributed by atoms with Crippen molar-refractivity contribution in [2.45, 2.75) is 70.2 Å². The third-order valence-corrected chi connectivity index (χ3v) is 10.2. The highest BCUT2D eigenvalue weighted by Gasteiger charge is 2.49. The molecular weight excluding hydrogens is 596 g/mol. The molecule has 46 heavy (non-hydrogen) atoms. The summed E-state index contributed by atoms with van der Waals surface area (Å²) >= 11 is 0. The summed E-state index contributed by atoms with van der Waals surface area (Å²) in [5.41, 5.74) is 3.01.